The van der Waals surface area contributed by atoms with Crippen molar-refractivity contribution in [3.63, 3.8) is 0 Å². The first-order valence-corrected chi connectivity index (χ1v) is 8.29. The Hall–Kier alpha value is -2.01. The Bertz CT molecular complexity index is 606. The van der Waals surface area contributed by atoms with E-state index in [4.69, 9.17) is 4.74 Å². The maximum absolute atomic E-state index is 12.1. The smallest absolute Gasteiger partial charge is 0.309 e. The molecule has 0 atom stereocenters. The Morgan fingerprint density at radius 1 is 1.25 bits per heavy atom. The van der Waals surface area contributed by atoms with Gasteiger partial charge in [-0.25, -0.2) is 0 Å². The lowest BCUT2D eigenvalue weighted by atomic mass is 9.83. The summed E-state index contributed by atoms with van der Waals surface area (Å²) in [6.45, 7) is 2.98. The molecule has 0 saturated heterocycles. The maximum Gasteiger partial charge on any atom is 0.309 e. The van der Waals surface area contributed by atoms with Crippen molar-refractivity contribution in [1.29, 1.82) is 0 Å². The van der Waals surface area contributed by atoms with Crippen molar-refractivity contribution in [1.82, 2.24) is 0 Å². The average Bonchev–Trinajstić information content (AvgIpc) is 2.58. The third-order valence-electron chi connectivity index (χ3n) is 4.42. The average molecular weight is 332 g/mol. The van der Waals surface area contributed by atoms with Gasteiger partial charge in [0.2, 0.25) is 0 Å². The molecule has 5 heteroatoms. The summed E-state index contributed by atoms with van der Waals surface area (Å²) in [6.07, 6.45) is 3.79. The van der Waals surface area contributed by atoms with Crippen molar-refractivity contribution in [2.75, 3.05) is 0 Å². The van der Waals surface area contributed by atoms with Crippen LogP contribution in [0.25, 0.3) is 0 Å². The van der Waals surface area contributed by atoms with Gasteiger partial charge in [-0.15, -0.1) is 0 Å². The van der Waals surface area contributed by atoms with Gasteiger partial charge in [-0.05, 0) is 51.2 Å². The fourth-order valence-corrected chi connectivity index (χ4v) is 2.92. The van der Waals surface area contributed by atoms with Gasteiger partial charge < -0.3 is 14.6 Å². The number of ether oxygens (including phenoxy) is 1. The normalized spacial score (nSPS) is 21.1. The van der Waals surface area contributed by atoms with E-state index in [9.17, 15) is 19.5 Å². The minimum atomic E-state index is -1.44. The molecule has 0 heterocycles. The van der Waals surface area contributed by atoms with Crippen molar-refractivity contribution in [3.05, 3.63) is 35.4 Å². The van der Waals surface area contributed by atoms with Gasteiger partial charge in [0.05, 0.1) is 5.92 Å². The lowest BCUT2D eigenvalue weighted by Crippen LogP contribution is -2.31. The third-order valence-corrected chi connectivity index (χ3v) is 4.42. The highest BCUT2D eigenvalue weighted by atomic mass is 16.5. The van der Waals surface area contributed by atoms with E-state index in [1.807, 2.05) is 0 Å². The van der Waals surface area contributed by atoms with Gasteiger partial charge in [-0.1, -0.05) is 18.2 Å². The minimum Gasteiger partial charge on any atom is -0.461 e. The number of hydrogen-bond acceptors (Lipinski definition) is 5. The third kappa shape index (κ3) is 4.74. The molecule has 1 aliphatic rings. The van der Waals surface area contributed by atoms with Gasteiger partial charge in [-0.2, -0.15) is 0 Å². The van der Waals surface area contributed by atoms with E-state index < -0.39 is 5.60 Å². The number of carbonyl (C=O) groups is 3. The van der Waals surface area contributed by atoms with Gasteiger partial charge >= 0.3 is 5.97 Å². The molecule has 24 heavy (non-hydrogen) atoms. The van der Waals surface area contributed by atoms with Crippen LogP contribution in [0.3, 0.4) is 0 Å². The summed E-state index contributed by atoms with van der Waals surface area (Å²) in [6, 6.07) is 6.75. The first kappa shape index (κ1) is 18.3. The van der Waals surface area contributed by atoms with E-state index in [1.165, 1.54) is 13.8 Å². The Morgan fingerprint density at radius 3 is 2.50 bits per heavy atom. The zero-order chi connectivity index (χ0) is 17.7. The van der Waals surface area contributed by atoms with E-state index in [-0.39, 0.29) is 30.2 Å². The molecule has 0 amide bonds. The van der Waals surface area contributed by atoms with Gasteiger partial charge in [0.15, 0.2) is 5.78 Å². The molecule has 0 radical (unpaired) electrons. The highest BCUT2D eigenvalue weighted by Gasteiger charge is 2.27. The zero-order valence-electron chi connectivity index (χ0n) is 14.2. The number of esters is 1. The van der Waals surface area contributed by atoms with Crippen LogP contribution in [0, 0.1) is 11.8 Å². The summed E-state index contributed by atoms with van der Waals surface area (Å²) in [5, 5.41) is 9.80. The highest BCUT2D eigenvalue weighted by Crippen LogP contribution is 2.28. The summed E-state index contributed by atoms with van der Waals surface area (Å²) in [5.41, 5.74) is -0.338. The molecule has 1 fully saturated rings. The number of ketones is 1. The molecule has 2 rings (SSSR count). The van der Waals surface area contributed by atoms with E-state index in [1.54, 1.807) is 24.3 Å². The van der Waals surface area contributed by atoms with Gasteiger partial charge in [0.1, 0.15) is 18.5 Å². The number of hydrogen-bond donors (Lipinski definition) is 1. The van der Waals surface area contributed by atoms with Crippen LogP contribution in [0.15, 0.2) is 24.3 Å². The molecule has 1 saturated carbocycles. The summed E-state index contributed by atoms with van der Waals surface area (Å²) >= 11 is 0. The van der Waals surface area contributed by atoms with Crippen LogP contribution in [-0.2, 0) is 20.9 Å². The van der Waals surface area contributed by atoms with Crippen molar-refractivity contribution in [3.8, 4) is 0 Å². The summed E-state index contributed by atoms with van der Waals surface area (Å²) in [5.74, 6) is -0.706. The standard InChI is InChI=1S/C19H24O5/c1-19(2,23)17(21)16-5-3-4-14(10-16)12-24-18(22)15-8-6-13(11-20)7-9-15/h3-5,10-11,13,15,23H,6-9,12H2,1-2H3. The van der Waals surface area contributed by atoms with Gasteiger partial charge in [0, 0.05) is 11.5 Å². The van der Waals surface area contributed by atoms with E-state index >= 15 is 0 Å². The lowest BCUT2D eigenvalue weighted by molar-refractivity contribution is -0.151. The molecule has 0 unspecified atom stereocenters. The summed E-state index contributed by atoms with van der Waals surface area (Å²) < 4.78 is 5.36. The van der Waals surface area contributed by atoms with Gasteiger partial charge in [0.25, 0.3) is 0 Å². The highest BCUT2D eigenvalue weighted by molar-refractivity contribution is 6.01. The van der Waals surface area contributed by atoms with Gasteiger partial charge in [-0.3, -0.25) is 9.59 Å². The molecule has 5 nitrogen and oxygen atoms in total. The maximum atomic E-state index is 12.1. The molecule has 0 spiro atoms. The molecule has 0 bridgehead atoms. The molecule has 130 valence electrons. The molecule has 1 aliphatic carbocycles. The van der Waals surface area contributed by atoms with Crippen LogP contribution in [0.4, 0.5) is 0 Å². The summed E-state index contributed by atoms with van der Waals surface area (Å²) in [7, 11) is 0. The van der Waals surface area contributed by atoms with E-state index in [0.29, 0.717) is 24.0 Å². The van der Waals surface area contributed by atoms with E-state index in [2.05, 4.69) is 0 Å². The molecule has 1 N–H and O–H groups in total. The van der Waals surface area contributed by atoms with Crippen molar-refractivity contribution < 1.29 is 24.2 Å². The number of Topliss-reactive ketones (excluding diaryl/α,β-unsaturated/α-hetero) is 1. The van der Waals surface area contributed by atoms with Crippen molar-refractivity contribution in [2.45, 2.75) is 51.7 Å². The molecular weight excluding hydrogens is 308 g/mol. The zero-order valence-corrected chi connectivity index (χ0v) is 14.2. The van der Waals surface area contributed by atoms with Crippen LogP contribution in [-0.4, -0.2) is 28.7 Å². The second-order valence-electron chi connectivity index (χ2n) is 6.94. The first-order valence-electron chi connectivity index (χ1n) is 8.29. The second kappa shape index (κ2) is 7.71. The van der Waals surface area contributed by atoms with Crippen molar-refractivity contribution in [2.24, 2.45) is 11.8 Å². The topological polar surface area (TPSA) is 80.7 Å². The van der Waals surface area contributed by atoms with Crippen LogP contribution in [0.2, 0.25) is 0 Å². The molecule has 0 aliphatic heterocycles. The number of benzene rings is 1. The second-order valence-corrected chi connectivity index (χ2v) is 6.94. The number of aliphatic hydroxyl groups is 1. The number of carbonyl (C=O) groups excluding carboxylic acids is 3. The quantitative estimate of drug-likeness (QED) is 0.492. The Morgan fingerprint density at radius 2 is 1.92 bits per heavy atom. The fourth-order valence-electron chi connectivity index (χ4n) is 2.92. The fraction of sp³-hybridized carbons (Fsp3) is 0.526. The molecule has 0 aromatic heterocycles. The van der Waals surface area contributed by atoms with Crippen molar-refractivity contribution >= 4 is 18.0 Å². The largest absolute Gasteiger partial charge is 0.461 e. The van der Waals surface area contributed by atoms with Crippen LogP contribution >= 0.6 is 0 Å². The lowest BCUT2D eigenvalue weighted by Gasteiger charge is -2.23. The predicted molar refractivity (Wildman–Crippen MR) is 88.4 cm³/mol. The predicted octanol–water partition coefficient (Wildman–Crippen LogP) is 2.69. The molecular formula is C19H24O5. The summed E-state index contributed by atoms with van der Waals surface area (Å²) in [4.78, 5) is 34.9. The number of rotatable bonds is 6. The van der Waals surface area contributed by atoms with Crippen LogP contribution in [0.1, 0.15) is 55.5 Å². The van der Waals surface area contributed by atoms with E-state index in [0.717, 1.165) is 19.1 Å². The number of aldehydes is 1. The monoisotopic (exact) mass is 332 g/mol. The van der Waals surface area contributed by atoms with Crippen LogP contribution < -0.4 is 0 Å². The van der Waals surface area contributed by atoms with Crippen LogP contribution in [0.5, 0.6) is 0 Å². The molecule has 1 aromatic carbocycles. The Kier molecular flexibility index (Phi) is 5.89. The Labute approximate surface area is 142 Å². The Balaban J connectivity index is 1.91. The SMILES string of the molecule is CC(C)(O)C(=O)c1cccc(COC(=O)C2CCC(C=O)CC2)c1. The molecule has 1 aromatic rings. The minimum absolute atomic E-state index is 0.0681. The first-order chi connectivity index (χ1) is 11.3.